The molecule has 0 spiro atoms. The fourth-order valence-electron chi connectivity index (χ4n) is 5.53. The molecule has 3 aromatic rings. The second-order valence-electron chi connectivity index (χ2n) is 11.4. The van der Waals surface area contributed by atoms with E-state index >= 15 is 0 Å². The minimum Gasteiger partial charge on any atom is -0.451 e. The lowest BCUT2D eigenvalue weighted by atomic mass is 9.78. The molecule has 9 nitrogen and oxygen atoms in total. The average Bonchev–Trinajstić information content (AvgIpc) is 3.69. The van der Waals surface area contributed by atoms with Gasteiger partial charge in [-0.25, -0.2) is 8.78 Å². The highest BCUT2D eigenvalue weighted by Crippen LogP contribution is 2.41. The summed E-state index contributed by atoms with van der Waals surface area (Å²) in [5.41, 5.74) is 0.100. The van der Waals surface area contributed by atoms with E-state index in [0.717, 1.165) is 11.1 Å². The molecule has 2 aromatic carbocycles. The number of rotatable bonds is 6. The molecule has 2 aliphatic carbocycles. The van der Waals surface area contributed by atoms with Gasteiger partial charge in [0.2, 0.25) is 11.8 Å². The number of hydrogen-bond acceptors (Lipinski definition) is 6. The Balaban J connectivity index is 0.00000188. The van der Waals surface area contributed by atoms with Crippen LogP contribution in [0.5, 0.6) is 0 Å². The number of carbonyl (C=O) groups excluding carboxylic acids is 3. The molecule has 11 heteroatoms. The van der Waals surface area contributed by atoms with Crippen molar-refractivity contribution in [3.63, 3.8) is 0 Å². The van der Waals surface area contributed by atoms with Crippen LogP contribution in [-0.2, 0) is 9.53 Å². The third-order valence-corrected chi connectivity index (χ3v) is 8.45. The van der Waals surface area contributed by atoms with Crippen molar-refractivity contribution in [1.82, 2.24) is 15.5 Å². The van der Waals surface area contributed by atoms with Gasteiger partial charge in [-0.2, -0.15) is 5.26 Å². The quantitative estimate of drug-likeness (QED) is 0.385. The van der Waals surface area contributed by atoms with Gasteiger partial charge in [-0.05, 0) is 61.1 Å². The molecule has 0 radical (unpaired) electrons. The number of carbonyl (C=O) groups is 3. The summed E-state index contributed by atoms with van der Waals surface area (Å²) < 4.78 is 39.2. The number of morpholine rings is 1. The van der Waals surface area contributed by atoms with E-state index in [9.17, 15) is 28.4 Å². The minimum atomic E-state index is -2.93. The summed E-state index contributed by atoms with van der Waals surface area (Å²) in [6.45, 7) is 6.17. The predicted molar refractivity (Wildman–Crippen MR) is 159 cm³/mol. The molecule has 0 unspecified atom stereocenters. The molecular formula is C33H36F2N4O5. The first-order valence-corrected chi connectivity index (χ1v) is 15.1. The molecule has 1 aromatic heterocycles. The third kappa shape index (κ3) is 6.45. The van der Waals surface area contributed by atoms with E-state index in [-0.39, 0.29) is 24.5 Å². The number of nitriles is 1. The molecule has 0 bridgehead atoms. The molecular weight excluding hydrogens is 570 g/mol. The predicted octanol–water partition coefficient (Wildman–Crippen LogP) is 5.45. The summed E-state index contributed by atoms with van der Waals surface area (Å²) in [7, 11) is 0. The van der Waals surface area contributed by atoms with E-state index in [1.807, 2.05) is 32.0 Å². The first-order chi connectivity index (χ1) is 21.1. The van der Waals surface area contributed by atoms with Crippen LogP contribution in [0.4, 0.5) is 8.78 Å². The molecule has 3 amide bonds. The molecule has 232 valence electrons. The highest BCUT2D eigenvalue weighted by molar-refractivity contribution is 6.01. The van der Waals surface area contributed by atoms with Crippen molar-refractivity contribution in [2.24, 2.45) is 0 Å². The lowest BCUT2D eigenvalue weighted by Gasteiger charge is -2.39. The van der Waals surface area contributed by atoms with Crippen molar-refractivity contribution in [1.29, 1.82) is 5.26 Å². The fourth-order valence-corrected chi connectivity index (χ4v) is 5.53. The van der Waals surface area contributed by atoms with Gasteiger partial charge in [0, 0.05) is 36.9 Å². The van der Waals surface area contributed by atoms with Crippen LogP contribution >= 0.6 is 0 Å². The van der Waals surface area contributed by atoms with E-state index in [1.165, 1.54) is 0 Å². The van der Waals surface area contributed by atoms with Crippen molar-refractivity contribution in [2.45, 2.75) is 69.4 Å². The maximum absolute atomic E-state index is 14.0. The van der Waals surface area contributed by atoms with E-state index in [4.69, 9.17) is 9.15 Å². The monoisotopic (exact) mass is 606 g/mol. The van der Waals surface area contributed by atoms with Crippen LogP contribution in [0.3, 0.4) is 0 Å². The molecule has 2 N–H and O–H groups in total. The lowest BCUT2D eigenvalue weighted by molar-refractivity contribution is -0.133. The molecule has 3 fully saturated rings. The van der Waals surface area contributed by atoms with Gasteiger partial charge in [0.25, 0.3) is 11.8 Å². The Labute approximate surface area is 254 Å². The van der Waals surface area contributed by atoms with Gasteiger partial charge in [0.05, 0.1) is 19.3 Å². The van der Waals surface area contributed by atoms with E-state index in [0.29, 0.717) is 55.7 Å². The summed E-state index contributed by atoms with van der Waals surface area (Å²) in [6, 6.07) is 16.3. The Morgan fingerprint density at radius 2 is 1.50 bits per heavy atom. The molecule has 2 heterocycles. The molecule has 44 heavy (non-hydrogen) atoms. The number of nitrogens with zero attached hydrogens (tertiary/aromatic N) is 2. The molecule has 1 saturated heterocycles. The number of fused-ring (bicyclic) bond motifs is 1. The van der Waals surface area contributed by atoms with Crippen molar-refractivity contribution in [2.75, 3.05) is 26.3 Å². The number of halogens is 2. The Morgan fingerprint density at radius 3 is 2.11 bits per heavy atom. The van der Waals surface area contributed by atoms with Gasteiger partial charge in [-0.3, -0.25) is 14.4 Å². The Kier molecular flexibility index (Phi) is 8.75. The standard InChI is InChI=1S/C31H30F2N4O5.C2H6/c32-31(33)11-9-30(10-12-31,28(40)36-29(19-34)7-8-29)35-26(38)25-18-23-6-5-22(17-24(23)42-25)20-1-3-21(4-2-20)27(39)37-13-15-41-16-14-37;1-2/h1-6,17-18H,7-16H2,(H,35,38)(H,36,40);1-2H3. The second-order valence-corrected chi connectivity index (χ2v) is 11.4. The molecule has 2 saturated carbocycles. The zero-order valence-electron chi connectivity index (χ0n) is 24.9. The number of amides is 3. The Morgan fingerprint density at radius 1 is 0.864 bits per heavy atom. The van der Waals surface area contributed by atoms with E-state index < -0.39 is 41.7 Å². The number of furan rings is 1. The zero-order chi connectivity index (χ0) is 31.5. The number of alkyl halides is 2. The van der Waals surface area contributed by atoms with E-state index in [1.54, 1.807) is 35.2 Å². The maximum atomic E-state index is 14.0. The van der Waals surface area contributed by atoms with Crippen LogP contribution in [0, 0.1) is 11.3 Å². The van der Waals surface area contributed by atoms with Gasteiger partial charge >= 0.3 is 0 Å². The smallest absolute Gasteiger partial charge is 0.287 e. The topological polar surface area (TPSA) is 125 Å². The summed E-state index contributed by atoms with van der Waals surface area (Å²) in [5, 5.41) is 15.4. The molecule has 6 rings (SSSR count). The molecule has 1 aliphatic heterocycles. The highest BCUT2D eigenvalue weighted by Gasteiger charge is 2.53. The van der Waals surface area contributed by atoms with Gasteiger partial charge < -0.3 is 24.7 Å². The first-order valence-electron chi connectivity index (χ1n) is 15.1. The SMILES string of the molecule is CC.N#CC1(NC(=O)C2(NC(=O)c3cc4ccc(-c5ccc(C(=O)N6CCOCC6)cc5)cc4o3)CCC(F)(F)CC2)CC1. The summed E-state index contributed by atoms with van der Waals surface area (Å²) >= 11 is 0. The second kappa shape index (κ2) is 12.4. The number of ether oxygens (including phenoxy) is 1. The Bertz CT molecular complexity index is 1570. The maximum Gasteiger partial charge on any atom is 0.287 e. The summed E-state index contributed by atoms with van der Waals surface area (Å²) in [6.07, 6.45) is -0.662. The van der Waals surface area contributed by atoms with Gasteiger partial charge in [0.1, 0.15) is 16.7 Å². The fraction of sp³-hybridized carbons (Fsp3) is 0.455. The minimum absolute atomic E-state index is 0.0462. The normalized spacial score (nSPS) is 19.6. The van der Waals surface area contributed by atoms with Crippen molar-refractivity contribution < 1.29 is 32.3 Å². The van der Waals surface area contributed by atoms with Crippen molar-refractivity contribution in [3.05, 3.63) is 59.9 Å². The number of nitrogens with one attached hydrogen (secondary N) is 2. The molecule has 0 atom stereocenters. The highest BCUT2D eigenvalue weighted by atomic mass is 19.3. The summed E-state index contributed by atoms with van der Waals surface area (Å²) in [4.78, 5) is 41.1. The van der Waals surface area contributed by atoms with Crippen LogP contribution in [0.25, 0.3) is 22.1 Å². The third-order valence-electron chi connectivity index (χ3n) is 8.45. The van der Waals surface area contributed by atoms with Crippen LogP contribution in [0.2, 0.25) is 0 Å². The first kappa shape index (κ1) is 31.1. The van der Waals surface area contributed by atoms with Gasteiger partial charge in [-0.1, -0.05) is 38.1 Å². The Hall–Kier alpha value is -4.30. The van der Waals surface area contributed by atoms with Crippen LogP contribution in [-0.4, -0.2) is 65.9 Å². The number of hydrogen-bond donors (Lipinski definition) is 2. The van der Waals surface area contributed by atoms with Crippen molar-refractivity contribution >= 4 is 28.7 Å². The van der Waals surface area contributed by atoms with Gasteiger partial charge in [0.15, 0.2) is 5.76 Å². The van der Waals surface area contributed by atoms with Crippen molar-refractivity contribution in [3.8, 4) is 17.2 Å². The lowest BCUT2D eigenvalue weighted by Crippen LogP contribution is -2.62. The average molecular weight is 607 g/mol. The number of benzene rings is 2. The van der Waals surface area contributed by atoms with Crippen LogP contribution < -0.4 is 10.6 Å². The largest absolute Gasteiger partial charge is 0.451 e. The van der Waals surface area contributed by atoms with E-state index in [2.05, 4.69) is 16.7 Å². The van der Waals surface area contributed by atoms with Crippen LogP contribution in [0.1, 0.15) is 73.3 Å². The summed E-state index contributed by atoms with van der Waals surface area (Å²) in [5.74, 6) is -4.35. The zero-order valence-corrected chi connectivity index (χ0v) is 24.9. The van der Waals surface area contributed by atoms with Gasteiger partial charge in [-0.15, -0.1) is 0 Å². The molecule has 3 aliphatic rings. The van der Waals surface area contributed by atoms with Crippen LogP contribution in [0.15, 0.2) is 52.9 Å².